The molecule has 0 N–H and O–H groups in total. The summed E-state index contributed by atoms with van der Waals surface area (Å²) in [5, 5.41) is 7.61. The first-order valence-corrected chi connectivity index (χ1v) is 7.89. The molecule has 108 valence electrons. The van der Waals surface area contributed by atoms with Gasteiger partial charge in [-0.2, -0.15) is 5.10 Å². The number of hydrogen-bond acceptors (Lipinski definition) is 5. The van der Waals surface area contributed by atoms with Crippen molar-refractivity contribution >= 4 is 11.3 Å². The SMILES string of the molecule is CCn1cc(CN2CCOC[C@H]2c2nc(C)cs2)cn1. The summed E-state index contributed by atoms with van der Waals surface area (Å²) in [6.07, 6.45) is 4.09. The van der Waals surface area contributed by atoms with Crippen LogP contribution in [0.2, 0.25) is 0 Å². The molecule has 0 amide bonds. The fourth-order valence-corrected chi connectivity index (χ4v) is 3.39. The van der Waals surface area contributed by atoms with Crippen molar-refractivity contribution in [3.05, 3.63) is 34.0 Å². The average Bonchev–Trinajstić information content (AvgIpc) is 3.08. The average molecular weight is 292 g/mol. The van der Waals surface area contributed by atoms with Gasteiger partial charge in [-0.05, 0) is 13.8 Å². The van der Waals surface area contributed by atoms with E-state index < -0.39 is 0 Å². The van der Waals surface area contributed by atoms with E-state index in [4.69, 9.17) is 4.74 Å². The van der Waals surface area contributed by atoms with Crippen LogP contribution in [0.4, 0.5) is 0 Å². The Labute approximate surface area is 123 Å². The van der Waals surface area contributed by atoms with E-state index in [0.717, 1.165) is 43.5 Å². The highest BCUT2D eigenvalue weighted by Gasteiger charge is 2.27. The van der Waals surface area contributed by atoms with Gasteiger partial charge in [0.25, 0.3) is 0 Å². The molecule has 1 aliphatic rings. The molecule has 1 atom stereocenters. The summed E-state index contributed by atoms with van der Waals surface area (Å²) < 4.78 is 7.61. The van der Waals surface area contributed by atoms with Crippen LogP contribution in [0, 0.1) is 6.92 Å². The van der Waals surface area contributed by atoms with E-state index in [1.54, 1.807) is 11.3 Å². The van der Waals surface area contributed by atoms with Gasteiger partial charge in [0.2, 0.25) is 0 Å². The van der Waals surface area contributed by atoms with Gasteiger partial charge in [-0.3, -0.25) is 9.58 Å². The van der Waals surface area contributed by atoms with Gasteiger partial charge in [0.1, 0.15) is 5.01 Å². The van der Waals surface area contributed by atoms with Gasteiger partial charge in [0.05, 0.1) is 25.5 Å². The highest BCUT2D eigenvalue weighted by Crippen LogP contribution is 2.28. The summed E-state index contributed by atoms with van der Waals surface area (Å²) in [7, 11) is 0. The van der Waals surface area contributed by atoms with E-state index in [9.17, 15) is 0 Å². The predicted molar refractivity (Wildman–Crippen MR) is 78.7 cm³/mol. The molecule has 0 radical (unpaired) electrons. The maximum Gasteiger partial charge on any atom is 0.112 e. The van der Waals surface area contributed by atoms with E-state index in [1.165, 1.54) is 5.56 Å². The van der Waals surface area contributed by atoms with Gasteiger partial charge in [0.15, 0.2) is 0 Å². The van der Waals surface area contributed by atoms with Crippen LogP contribution in [0.5, 0.6) is 0 Å². The van der Waals surface area contributed by atoms with Crippen LogP contribution in [0.3, 0.4) is 0 Å². The Morgan fingerprint density at radius 3 is 3.10 bits per heavy atom. The second-order valence-corrected chi connectivity index (χ2v) is 5.98. The smallest absolute Gasteiger partial charge is 0.112 e. The number of aromatic nitrogens is 3. The molecule has 5 nitrogen and oxygen atoms in total. The van der Waals surface area contributed by atoms with Crippen LogP contribution in [0.15, 0.2) is 17.8 Å². The Morgan fingerprint density at radius 2 is 2.40 bits per heavy atom. The normalized spacial score (nSPS) is 20.4. The lowest BCUT2D eigenvalue weighted by atomic mass is 10.2. The molecule has 2 aromatic heterocycles. The maximum absolute atomic E-state index is 5.64. The van der Waals surface area contributed by atoms with Crippen LogP contribution in [-0.2, 0) is 17.8 Å². The van der Waals surface area contributed by atoms with Crippen molar-refractivity contribution in [1.82, 2.24) is 19.7 Å². The summed E-state index contributed by atoms with van der Waals surface area (Å²) >= 11 is 1.73. The quantitative estimate of drug-likeness (QED) is 0.867. The fraction of sp³-hybridized carbons (Fsp3) is 0.571. The molecule has 20 heavy (non-hydrogen) atoms. The number of morpholine rings is 1. The lowest BCUT2D eigenvalue weighted by Crippen LogP contribution is -2.38. The first-order chi connectivity index (χ1) is 9.76. The van der Waals surface area contributed by atoms with Crippen molar-refractivity contribution in [2.24, 2.45) is 0 Å². The van der Waals surface area contributed by atoms with Crippen LogP contribution in [0.25, 0.3) is 0 Å². The Balaban J connectivity index is 1.75. The van der Waals surface area contributed by atoms with Crippen molar-refractivity contribution < 1.29 is 4.74 Å². The number of nitrogens with zero attached hydrogens (tertiary/aromatic N) is 4. The molecule has 0 aliphatic carbocycles. The minimum absolute atomic E-state index is 0.271. The zero-order chi connectivity index (χ0) is 13.9. The molecule has 3 heterocycles. The minimum atomic E-state index is 0.271. The van der Waals surface area contributed by atoms with Crippen molar-refractivity contribution in [3.63, 3.8) is 0 Å². The summed E-state index contributed by atoms with van der Waals surface area (Å²) in [5.41, 5.74) is 2.35. The number of ether oxygens (including phenoxy) is 1. The highest BCUT2D eigenvalue weighted by molar-refractivity contribution is 7.09. The third kappa shape index (κ3) is 2.92. The largest absolute Gasteiger partial charge is 0.378 e. The first kappa shape index (κ1) is 13.7. The van der Waals surface area contributed by atoms with Crippen LogP contribution < -0.4 is 0 Å². The summed E-state index contributed by atoms with van der Waals surface area (Å²) in [6, 6.07) is 0.271. The first-order valence-electron chi connectivity index (χ1n) is 7.01. The van der Waals surface area contributed by atoms with Crippen molar-refractivity contribution in [1.29, 1.82) is 0 Å². The Morgan fingerprint density at radius 1 is 1.50 bits per heavy atom. The van der Waals surface area contributed by atoms with Crippen molar-refractivity contribution in [2.75, 3.05) is 19.8 Å². The molecule has 1 saturated heterocycles. The second-order valence-electron chi connectivity index (χ2n) is 5.09. The molecule has 0 bridgehead atoms. The van der Waals surface area contributed by atoms with Gasteiger partial charge in [-0.15, -0.1) is 11.3 Å². The number of thiazole rings is 1. The van der Waals surface area contributed by atoms with Crippen molar-refractivity contribution in [2.45, 2.75) is 33.0 Å². The highest BCUT2D eigenvalue weighted by atomic mass is 32.1. The number of aryl methyl sites for hydroxylation is 2. The van der Waals surface area contributed by atoms with E-state index in [2.05, 4.69) is 33.5 Å². The molecule has 1 fully saturated rings. The zero-order valence-corrected chi connectivity index (χ0v) is 12.8. The third-order valence-electron chi connectivity index (χ3n) is 3.56. The maximum atomic E-state index is 5.64. The monoisotopic (exact) mass is 292 g/mol. The summed E-state index contributed by atoms with van der Waals surface area (Å²) in [4.78, 5) is 7.07. The minimum Gasteiger partial charge on any atom is -0.378 e. The molecule has 6 heteroatoms. The van der Waals surface area contributed by atoms with Crippen LogP contribution >= 0.6 is 11.3 Å². The lowest BCUT2D eigenvalue weighted by Gasteiger charge is -2.34. The van der Waals surface area contributed by atoms with E-state index in [1.807, 2.05) is 17.8 Å². The molecule has 3 rings (SSSR count). The molecule has 0 unspecified atom stereocenters. The Hall–Kier alpha value is -1.24. The predicted octanol–water partition coefficient (Wildman–Crippen LogP) is 2.24. The van der Waals surface area contributed by atoms with Gasteiger partial charge in [0, 0.05) is 42.5 Å². The van der Waals surface area contributed by atoms with E-state index in [0.29, 0.717) is 0 Å². The van der Waals surface area contributed by atoms with Gasteiger partial charge in [-0.25, -0.2) is 4.98 Å². The standard InChI is InChI=1S/C14H20N4OS/c1-3-18-8-12(6-15-18)7-17-4-5-19-9-13(17)14-16-11(2)10-20-14/h6,8,10,13H,3-5,7,9H2,1-2H3/t13-/m0/s1. The van der Waals surface area contributed by atoms with E-state index >= 15 is 0 Å². The molecule has 1 aliphatic heterocycles. The fourth-order valence-electron chi connectivity index (χ4n) is 2.48. The summed E-state index contributed by atoms with van der Waals surface area (Å²) in [6.45, 7) is 8.44. The van der Waals surface area contributed by atoms with E-state index in [-0.39, 0.29) is 6.04 Å². The molecule has 0 saturated carbocycles. The Bertz CT molecular complexity index is 565. The van der Waals surface area contributed by atoms with Gasteiger partial charge in [-0.1, -0.05) is 0 Å². The van der Waals surface area contributed by atoms with Crippen LogP contribution in [-0.4, -0.2) is 39.4 Å². The second kappa shape index (κ2) is 6.03. The topological polar surface area (TPSA) is 43.2 Å². The molecule has 0 aromatic carbocycles. The molecular formula is C14H20N4OS. The van der Waals surface area contributed by atoms with Crippen LogP contribution in [0.1, 0.15) is 29.2 Å². The Kier molecular flexibility index (Phi) is 4.14. The number of rotatable bonds is 4. The number of hydrogen-bond donors (Lipinski definition) is 0. The zero-order valence-electron chi connectivity index (χ0n) is 12.0. The molecule has 0 spiro atoms. The third-order valence-corrected chi connectivity index (χ3v) is 4.62. The van der Waals surface area contributed by atoms with Crippen molar-refractivity contribution in [3.8, 4) is 0 Å². The molecule has 2 aromatic rings. The summed E-state index contributed by atoms with van der Waals surface area (Å²) in [5.74, 6) is 0. The van der Waals surface area contributed by atoms with Gasteiger partial charge < -0.3 is 4.74 Å². The lowest BCUT2D eigenvalue weighted by molar-refractivity contribution is -0.0128. The van der Waals surface area contributed by atoms with Gasteiger partial charge >= 0.3 is 0 Å². The molecular weight excluding hydrogens is 272 g/mol.